The predicted molar refractivity (Wildman–Crippen MR) is 103 cm³/mol. The van der Waals surface area contributed by atoms with Gasteiger partial charge in [-0.05, 0) is 86.8 Å². The summed E-state index contributed by atoms with van der Waals surface area (Å²) in [7, 11) is -3.60. The number of thiazole rings is 1. The van der Waals surface area contributed by atoms with Crippen molar-refractivity contribution < 1.29 is 8.42 Å². The van der Waals surface area contributed by atoms with E-state index in [0.717, 1.165) is 33.8 Å². The minimum Gasteiger partial charge on any atom is -0.312 e. The Labute approximate surface area is 157 Å². The summed E-state index contributed by atoms with van der Waals surface area (Å²) in [6.45, 7) is 2.05. The topological polar surface area (TPSA) is 79.0 Å². The van der Waals surface area contributed by atoms with Gasteiger partial charge in [0.15, 0.2) is 0 Å². The number of hydrogen-bond donors (Lipinski definition) is 2. The van der Waals surface area contributed by atoms with E-state index in [1.54, 1.807) is 18.2 Å². The molecule has 0 radical (unpaired) electrons. The fraction of sp³-hybridized carbons (Fsp3) is 0.632. The standard InChI is InChI=1S/C19H24N2O3S2/c1-11(19-8-12-4-13(9-19)6-14(5-12)10-19)21-26(23,24)15-2-3-17-16(7-15)20-18(22)25-17/h2-3,7,11-14,21H,4-6,8-10H2,1H3,(H,20,22)/t11-,12?,13?,14?,19?/m1/s1. The van der Waals surface area contributed by atoms with Crippen LogP contribution >= 0.6 is 11.3 Å². The lowest BCUT2D eigenvalue weighted by Crippen LogP contribution is -2.55. The van der Waals surface area contributed by atoms with Gasteiger partial charge in [0.05, 0.1) is 15.1 Å². The van der Waals surface area contributed by atoms with Crippen LogP contribution in [0.2, 0.25) is 0 Å². The maximum absolute atomic E-state index is 13.0. The first-order valence-electron chi connectivity index (χ1n) is 9.48. The van der Waals surface area contributed by atoms with Gasteiger partial charge < -0.3 is 4.98 Å². The summed E-state index contributed by atoms with van der Waals surface area (Å²) in [5.74, 6) is 2.38. The molecule has 4 saturated carbocycles. The molecule has 1 atom stereocenters. The smallest absolute Gasteiger partial charge is 0.305 e. The maximum atomic E-state index is 13.0. The molecule has 4 aliphatic carbocycles. The van der Waals surface area contributed by atoms with E-state index in [0.29, 0.717) is 5.52 Å². The molecule has 2 N–H and O–H groups in total. The zero-order chi connectivity index (χ0) is 18.1. The predicted octanol–water partition coefficient (Wildman–Crippen LogP) is 3.47. The molecule has 0 amide bonds. The molecule has 4 bridgehead atoms. The van der Waals surface area contributed by atoms with E-state index < -0.39 is 10.0 Å². The Morgan fingerprint density at radius 1 is 1.15 bits per heavy atom. The van der Waals surface area contributed by atoms with Gasteiger partial charge >= 0.3 is 4.87 Å². The first kappa shape index (κ1) is 17.0. The lowest BCUT2D eigenvalue weighted by Gasteiger charge is -2.59. The minimum atomic E-state index is -3.60. The number of sulfonamides is 1. The summed E-state index contributed by atoms with van der Waals surface area (Å²) in [5.41, 5.74) is 0.716. The van der Waals surface area contributed by atoms with Crippen LogP contribution in [0.15, 0.2) is 27.9 Å². The lowest BCUT2D eigenvalue weighted by atomic mass is 9.48. The fourth-order valence-corrected chi connectivity index (χ4v) is 8.32. The van der Waals surface area contributed by atoms with Gasteiger partial charge in [-0.3, -0.25) is 4.79 Å². The Bertz CT molecular complexity index is 986. The van der Waals surface area contributed by atoms with E-state index in [4.69, 9.17) is 0 Å². The highest BCUT2D eigenvalue weighted by atomic mass is 32.2. The van der Waals surface area contributed by atoms with Crippen LogP contribution in [0.1, 0.15) is 45.4 Å². The summed E-state index contributed by atoms with van der Waals surface area (Å²) in [6, 6.07) is 4.82. The highest BCUT2D eigenvalue weighted by Gasteiger charge is 2.53. The van der Waals surface area contributed by atoms with Crippen molar-refractivity contribution in [3.05, 3.63) is 27.9 Å². The molecule has 0 saturated heterocycles. The number of aromatic amines is 1. The quantitative estimate of drug-likeness (QED) is 0.836. The second-order valence-electron chi connectivity index (χ2n) is 8.80. The third kappa shape index (κ3) is 2.67. The SMILES string of the molecule is C[C@@H](NS(=O)(=O)c1ccc2sc(=O)[nH]c2c1)C12CC3CC(CC(C3)C1)C2. The fourth-order valence-electron chi connectivity index (χ4n) is 6.23. The Hall–Kier alpha value is -1.18. The normalized spacial score (nSPS) is 34.4. The molecule has 0 unspecified atom stereocenters. The average molecular weight is 393 g/mol. The number of H-pyrrole nitrogens is 1. The summed E-state index contributed by atoms with van der Waals surface area (Å²) < 4.78 is 29.7. The summed E-state index contributed by atoms with van der Waals surface area (Å²) in [5, 5.41) is 0. The molecule has 1 heterocycles. The van der Waals surface area contributed by atoms with Crippen molar-refractivity contribution in [1.82, 2.24) is 9.71 Å². The van der Waals surface area contributed by atoms with E-state index in [-0.39, 0.29) is 21.2 Å². The van der Waals surface area contributed by atoms with Gasteiger partial charge in [-0.2, -0.15) is 0 Å². The van der Waals surface area contributed by atoms with Gasteiger partial charge in [0.25, 0.3) is 0 Å². The average Bonchev–Trinajstić information content (AvgIpc) is 2.92. The van der Waals surface area contributed by atoms with E-state index in [1.165, 1.54) is 38.5 Å². The van der Waals surface area contributed by atoms with Gasteiger partial charge in [-0.1, -0.05) is 11.3 Å². The van der Waals surface area contributed by atoms with Gasteiger partial charge in [-0.25, -0.2) is 13.1 Å². The second-order valence-corrected chi connectivity index (χ2v) is 11.5. The maximum Gasteiger partial charge on any atom is 0.305 e. The molecule has 4 fully saturated rings. The molecular weight excluding hydrogens is 368 g/mol. The Morgan fingerprint density at radius 2 is 1.77 bits per heavy atom. The number of aromatic nitrogens is 1. The van der Waals surface area contributed by atoms with Crippen LogP contribution < -0.4 is 9.60 Å². The zero-order valence-corrected chi connectivity index (χ0v) is 16.5. The lowest BCUT2D eigenvalue weighted by molar-refractivity contribution is -0.0666. The monoisotopic (exact) mass is 392 g/mol. The first-order valence-corrected chi connectivity index (χ1v) is 11.8. The molecule has 0 spiro atoms. The number of nitrogens with one attached hydrogen (secondary N) is 2. The second kappa shape index (κ2) is 5.66. The van der Waals surface area contributed by atoms with Crippen LogP contribution in [-0.2, 0) is 10.0 Å². The van der Waals surface area contributed by atoms with Crippen LogP contribution in [0.4, 0.5) is 0 Å². The third-order valence-electron chi connectivity index (χ3n) is 7.04. The summed E-state index contributed by atoms with van der Waals surface area (Å²) in [4.78, 5) is 14.3. The van der Waals surface area contributed by atoms with Crippen molar-refractivity contribution >= 4 is 31.6 Å². The van der Waals surface area contributed by atoms with Crippen molar-refractivity contribution in [2.45, 2.75) is 56.4 Å². The number of benzene rings is 1. The van der Waals surface area contributed by atoms with Crippen molar-refractivity contribution in [3.8, 4) is 0 Å². The molecule has 1 aromatic heterocycles. The van der Waals surface area contributed by atoms with Crippen molar-refractivity contribution in [2.24, 2.45) is 23.2 Å². The molecule has 0 aliphatic heterocycles. The van der Waals surface area contributed by atoms with Gasteiger partial charge in [0, 0.05) is 6.04 Å². The molecule has 7 heteroatoms. The van der Waals surface area contributed by atoms with E-state index in [1.807, 2.05) is 0 Å². The molecule has 5 nitrogen and oxygen atoms in total. The van der Waals surface area contributed by atoms with E-state index in [2.05, 4.69) is 16.6 Å². The van der Waals surface area contributed by atoms with Gasteiger partial charge in [0.2, 0.25) is 10.0 Å². The van der Waals surface area contributed by atoms with Gasteiger partial charge in [-0.15, -0.1) is 0 Å². The van der Waals surface area contributed by atoms with Gasteiger partial charge in [0.1, 0.15) is 0 Å². The van der Waals surface area contributed by atoms with Crippen molar-refractivity contribution in [3.63, 3.8) is 0 Å². The Balaban J connectivity index is 1.43. The molecule has 26 heavy (non-hydrogen) atoms. The molecule has 2 aromatic rings. The molecule has 1 aromatic carbocycles. The largest absolute Gasteiger partial charge is 0.312 e. The van der Waals surface area contributed by atoms with E-state index in [9.17, 15) is 13.2 Å². The highest BCUT2D eigenvalue weighted by molar-refractivity contribution is 7.89. The number of fused-ring (bicyclic) bond motifs is 1. The van der Waals surface area contributed by atoms with Crippen molar-refractivity contribution in [1.29, 1.82) is 0 Å². The molecule has 140 valence electrons. The zero-order valence-electron chi connectivity index (χ0n) is 14.8. The van der Waals surface area contributed by atoms with Crippen LogP contribution in [0.3, 0.4) is 0 Å². The first-order chi connectivity index (χ1) is 12.3. The number of hydrogen-bond acceptors (Lipinski definition) is 4. The molecule has 6 rings (SSSR count). The highest BCUT2D eigenvalue weighted by Crippen LogP contribution is 2.61. The summed E-state index contributed by atoms with van der Waals surface area (Å²) in [6.07, 6.45) is 7.54. The Morgan fingerprint density at radius 3 is 2.38 bits per heavy atom. The van der Waals surface area contributed by atoms with Crippen LogP contribution in [0, 0.1) is 23.2 Å². The van der Waals surface area contributed by atoms with Crippen LogP contribution in [-0.4, -0.2) is 19.4 Å². The molecular formula is C19H24N2O3S2. The third-order valence-corrected chi connectivity index (χ3v) is 9.44. The summed E-state index contributed by atoms with van der Waals surface area (Å²) >= 11 is 1.10. The van der Waals surface area contributed by atoms with Crippen LogP contribution in [0.5, 0.6) is 0 Å². The number of rotatable bonds is 4. The van der Waals surface area contributed by atoms with Crippen LogP contribution in [0.25, 0.3) is 10.2 Å². The van der Waals surface area contributed by atoms with Crippen molar-refractivity contribution in [2.75, 3.05) is 0 Å². The Kier molecular flexibility index (Phi) is 3.69. The molecule has 4 aliphatic rings. The van der Waals surface area contributed by atoms with E-state index >= 15 is 0 Å². The minimum absolute atomic E-state index is 0.0573.